The van der Waals surface area contributed by atoms with Crippen LogP contribution in [0.4, 0.5) is 14.5 Å². The second-order valence-corrected chi connectivity index (χ2v) is 7.55. The van der Waals surface area contributed by atoms with Gasteiger partial charge in [0.25, 0.3) is 11.7 Å². The molecule has 1 atom stereocenters. The summed E-state index contributed by atoms with van der Waals surface area (Å²) in [5, 5.41) is 11.1. The molecule has 1 aliphatic rings. The van der Waals surface area contributed by atoms with Gasteiger partial charge in [-0.25, -0.2) is 8.78 Å². The summed E-state index contributed by atoms with van der Waals surface area (Å²) in [6, 6.07) is 17.1. The number of halogens is 2. The van der Waals surface area contributed by atoms with Crippen molar-refractivity contribution in [2.45, 2.75) is 19.4 Å². The molecule has 33 heavy (non-hydrogen) atoms. The number of aliphatic hydroxyl groups is 1. The molecule has 1 amide bonds. The second kappa shape index (κ2) is 9.24. The van der Waals surface area contributed by atoms with Crippen molar-refractivity contribution in [1.82, 2.24) is 0 Å². The fourth-order valence-electron chi connectivity index (χ4n) is 3.79. The van der Waals surface area contributed by atoms with Gasteiger partial charge in [-0.15, -0.1) is 0 Å². The van der Waals surface area contributed by atoms with E-state index in [1.165, 1.54) is 6.07 Å². The lowest BCUT2D eigenvalue weighted by Gasteiger charge is -2.25. The Morgan fingerprint density at radius 1 is 0.970 bits per heavy atom. The molecule has 1 aliphatic heterocycles. The number of hydrogen-bond donors (Lipinski definition) is 1. The summed E-state index contributed by atoms with van der Waals surface area (Å²) in [6.45, 7) is 2.44. The Labute approximate surface area is 189 Å². The molecule has 3 aromatic carbocycles. The predicted octanol–water partition coefficient (Wildman–Crippen LogP) is 5.38. The van der Waals surface area contributed by atoms with Gasteiger partial charge in [-0.3, -0.25) is 14.5 Å². The van der Waals surface area contributed by atoms with Crippen molar-refractivity contribution in [3.63, 3.8) is 0 Å². The van der Waals surface area contributed by atoms with Gasteiger partial charge in [0, 0.05) is 17.3 Å². The summed E-state index contributed by atoms with van der Waals surface area (Å²) in [5.41, 5.74) is 0.682. The summed E-state index contributed by atoms with van der Waals surface area (Å²) < 4.78 is 33.1. The number of amides is 1. The minimum absolute atomic E-state index is 0.00364. The summed E-state index contributed by atoms with van der Waals surface area (Å²) in [6.07, 6.45) is 0.795. The maximum absolute atomic E-state index is 14.0. The number of rotatable bonds is 6. The van der Waals surface area contributed by atoms with E-state index < -0.39 is 29.4 Å². The maximum Gasteiger partial charge on any atom is 0.300 e. The average Bonchev–Trinajstić information content (AvgIpc) is 3.10. The number of carbonyl (C=O) groups excluding carboxylic acids is 2. The molecule has 1 fully saturated rings. The monoisotopic (exact) mass is 449 g/mol. The van der Waals surface area contributed by atoms with Gasteiger partial charge in [0.15, 0.2) is 11.6 Å². The number of aliphatic hydroxyl groups excluding tert-OH is 1. The summed E-state index contributed by atoms with van der Waals surface area (Å²) in [5.74, 6) is -3.97. The summed E-state index contributed by atoms with van der Waals surface area (Å²) in [4.78, 5) is 27.2. The molecule has 0 radical (unpaired) electrons. The molecule has 0 spiro atoms. The van der Waals surface area contributed by atoms with Crippen LogP contribution < -0.4 is 9.64 Å². The first-order valence-corrected chi connectivity index (χ1v) is 10.5. The van der Waals surface area contributed by atoms with Crippen LogP contribution in [-0.4, -0.2) is 23.4 Å². The highest BCUT2D eigenvalue weighted by Crippen LogP contribution is 2.42. The largest absolute Gasteiger partial charge is 0.507 e. The minimum Gasteiger partial charge on any atom is -0.507 e. The molecule has 0 aromatic heterocycles. The first kappa shape index (κ1) is 22.2. The van der Waals surface area contributed by atoms with Gasteiger partial charge < -0.3 is 9.84 Å². The van der Waals surface area contributed by atoms with Gasteiger partial charge >= 0.3 is 0 Å². The van der Waals surface area contributed by atoms with Crippen molar-refractivity contribution in [3.8, 4) is 5.75 Å². The van der Waals surface area contributed by atoms with E-state index in [1.54, 1.807) is 54.6 Å². The first-order chi connectivity index (χ1) is 15.9. The van der Waals surface area contributed by atoms with Crippen LogP contribution >= 0.6 is 0 Å². The van der Waals surface area contributed by atoms with E-state index in [0.717, 1.165) is 23.5 Å². The number of nitrogens with zero attached hydrogens (tertiary/aromatic N) is 1. The Kier molecular flexibility index (Phi) is 6.22. The summed E-state index contributed by atoms with van der Waals surface area (Å²) in [7, 11) is 0. The highest BCUT2D eigenvalue weighted by atomic mass is 19.2. The Balaban J connectivity index is 1.88. The van der Waals surface area contributed by atoms with Crippen LogP contribution in [0, 0.1) is 11.6 Å². The van der Waals surface area contributed by atoms with Gasteiger partial charge in [-0.05, 0) is 36.2 Å². The molecular weight excluding hydrogens is 428 g/mol. The fourth-order valence-corrected chi connectivity index (χ4v) is 3.79. The normalized spacial score (nSPS) is 17.4. The maximum atomic E-state index is 14.0. The topological polar surface area (TPSA) is 66.8 Å². The van der Waals surface area contributed by atoms with Crippen molar-refractivity contribution < 1.29 is 28.2 Å². The molecule has 5 nitrogen and oxygen atoms in total. The van der Waals surface area contributed by atoms with Gasteiger partial charge in [0.2, 0.25) is 0 Å². The third kappa shape index (κ3) is 4.22. The molecular formula is C26H21F2NO4. The van der Waals surface area contributed by atoms with Gasteiger partial charge in [0.1, 0.15) is 11.5 Å². The molecule has 1 saturated heterocycles. The second-order valence-electron chi connectivity index (χ2n) is 7.55. The Morgan fingerprint density at radius 3 is 2.42 bits per heavy atom. The molecule has 1 unspecified atom stereocenters. The zero-order valence-electron chi connectivity index (χ0n) is 17.8. The lowest BCUT2D eigenvalue weighted by atomic mass is 9.95. The lowest BCUT2D eigenvalue weighted by molar-refractivity contribution is -0.132. The van der Waals surface area contributed by atoms with Crippen molar-refractivity contribution in [1.29, 1.82) is 0 Å². The zero-order chi connectivity index (χ0) is 23.5. The lowest BCUT2D eigenvalue weighted by Crippen LogP contribution is -2.29. The van der Waals surface area contributed by atoms with E-state index >= 15 is 0 Å². The molecule has 0 bridgehead atoms. The number of carbonyl (C=O) groups is 2. The SMILES string of the molecule is CCCOc1cccc(/C(O)=C2\C(=O)C(=O)N(c3ccc(F)c(F)c3)C2c2ccccc2)c1. The average molecular weight is 449 g/mol. The molecule has 4 rings (SSSR count). The van der Waals surface area contributed by atoms with E-state index in [2.05, 4.69) is 0 Å². The van der Waals surface area contributed by atoms with Gasteiger partial charge in [-0.2, -0.15) is 0 Å². The molecule has 168 valence electrons. The Hall–Kier alpha value is -4.00. The third-order valence-electron chi connectivity index (χ3n) is 5.32. The van der Waals surface area contributed by atoms with E-state index in [-0.39, 0.29) is 17.0 Å². The molecule has 1 heterocycles. The van der Waals surface area contributed by atoms with Crippen LogP contribution in [0.2, 0.25) is 0 Å². The fraction of sp³-hybridized carbons (Fsp3) is 0.154. The number of ether oxygens (including phenoxy) is 1. The molecule has 0 saturated carbocycles. The van der Waals surface area contributed by atoms with E-state index in [0.29, 0.717) is 23.5 Å². The zero-order valence-corrected chi connectivity index (χ0v) is 17.8. The van der Waals surface area contributed by atoms with Crippen LogP contribution in [0.15, 0.2) is 78.4 Å². The van der Waals surface area contributed by atoms with Crippen LogP contribution in [0.5, 0.6) is 5.75 Å². The van der Waals surface area contributed by atoms with Crippen LogP contribution in [-0.2, 0) is 9.59 Å². The predicted molar refractivity (Wildman–Crippen MR) is 120 cm³/mol. The Morgan fingerprint density at radius 2 is 1.73 bits per heavy atom. The molecule has 3 aromatic rings. The van der Waals surface area contributed by atoms with Gasteiger partial charge in [0.05, 0.1) is 18.2 Å². The van der Waals surface area contributed by atoms with E-state index in [4.69, 9.17) is 4.74 Å². The molecule has 7 heteroatoms. The third-order valence-corrected chi connectivity index (χ3v) is 5.32. The highest BCUT2D eigenvalue weighted by Gasteiger charge is 2.47. The smallest absolute Gasteiger partial charge is 0.300 e. The van der Waals surface area contributed by atoms with Gasteiger partial charge in [-0.1, -0.05) is 49.4 Å². The number of hydrogen-bond acceptors (Lipinski definition) is 4. The van der Waals surface area contributed by atoms with Crippen LogP contribution in [0.25, 0.3) is 5.76 Å². The van der Waals surface area contributed by atoms with Crippen molar-refractivity contribution in [2.24, 2.45) is 0 Å². The van der Waals surface area contributed by atoms with Crippen LogP contribution in [0.3, 0.4) is 0 Å². The van der Waals surface area contributed by atoms with Crippen LogP contribution in [0.1, 0.15) is 30.5 Å². The Bertz CT molecular complexity index is 1240. The molecule has 1 N–H and O–H groups in total. The number of ketones is 1. The standard InChI is InChI=1S/C26H21F2NO4/c1-2-13-33-19-10-6-9-17(14-19)24(30)22-23(16-7-4-3-5-8-16)29(26(32)25(22)31)18-11-12-20(27)21(28)15-18/h3-12,14-15,23,30H,2,13H2,1H3/b24-22+. The minimum atomic E-state index is -1.15. The quantitative estimate of drug-likeness (QED) is 0.312. The van der Waals surface area contributed by atoms with Crippen molar-refractivity contribution >= 4 is 23.1 Å². The first-order valence-electron chi connectivity index (χ1n) is 10.5. The number of benzene rings is 3. The summed E-state index contributed by atoms with van der Waals surface area (Å²) >= 11 is 0. The number of anilines is 1. The number of Topliss-reactive ketones (excluding diaryl/α,β-unsaturated/α-hetero) is 1. The van der Waals surface area contributed by atoms with E-state index in [1.807, 2.05) is 6.92 Å². The van der Waals surface area contributed by atoms with Crippen molar-refractivity contribution in [2.75, 3.05) is 11.5 Å². The molecule has 0 aliphatic carbocycles. The van der Waals surface area contributed by atoms with Crippen molar-refractivity contribution in [3.05, 3.63) is 101 Å². The van der Waals surface area contributed by atoms with E-state index in [9.17, 15) is 23.5 Å². The highest BCUT2D eigenvalue weighted by molar-refractivity contribution is 6.51.